The molecule has 5 heteroatoms. The summed E-state index contributed by atoms with van der Waals surface area (Å²) in [6.45, 7) is 0.597. The van der Waals surface area contributed by atoms with Crippen LogP contribution in [0.2, 0.25) is 0 Å². The number of hydrogen-bond acceptors (Lipinski definition) is 4. The Bertz CT molecular complexity index is 813. The monoisotopic (exact) mass is 275 g/mol. The van der Waals surface area contributed by atoms with Crippen LogP contribution in [0.3, 0.4) is 0 Å². The first-order chi connectivity index (χ1) is 10.2. The van der Waals surface area contributed by atoms with Crippen LogP contribution in [0.5, 0.6) is 0 Å². The maximum absolute atomic E-state index is 8.86. The predicted molar refractivity (Wildman–Crippen MR) is 80.1 cm³/mol. The molecule has 0 bridgehead atoms. The van der Waals surface area contributed by atoms with Crippen LogP contribution in [0.15, 0.2) is 55.0 Å². The number of anilines is 1. The average Bonchev–Trinajstić information content (AvgIpc) is 2.96. The summed E-state index contributed by atoms with van der Waals surface area (Å²) in [5.41, 5.74) is 9.97. The lowest BCUT2D eigenvalue weighted by molar-refractivity contribution is 0.686. The van der Waals surface area contributed by atoms with Crippen LogP contribution in [0, 0.1) is 11.3 Å². The van der Waals surface area contributed by atoms with Gasteiger partial charge in [0.15, 0.2) is 0 Å². The van der Waals surface area contributed by atoms with Gasteiger partial charge in [0.05, 0.1) is 12.7 Å². The molecular formula is C16H13N5. The number of rotatable bonds is 3. The third-order valence-corrected chi connectivity index (χ3v) is 3.14. The number of hydrogen-bond donors (Lipinski definition) is 1. The second-order valence-electron chi connectivity index (χ2n) is 4.71. The fraction of sp³-hybridized carbons (Fsp3) is 0.0625. The number of nitrogens with zero attached hydrogens (tertiary/aromatic N) is 4. The lowest BCUT2D eigenvalue weighted by Crippen LogP contribution is -2.00. The van der Waals surface area contributed by atoms with Crippen molar-refractivity contribution < 1.29 is 0 Å². The molecule has 0 aliphatic heterocycles. The Morgan fingerprint density at radius 1 is 1.19 bits per heavy atom. The zero-order valence-corrected chi connectivity index (χ0v) is 11.3. The number of nitrogen functional groups attached to an aromatic ring is 1. The molecule has 0 fully saturated rings. The molecule has 0 aliphatic carbocycles. The normalized spacial score (nSPS) is 10.2. The van der Waals surface area contributed by atoms with Crippen LogP contribution < -0.4 is 5.73 Å². The second-order valence-corrected chi connectivity index (χ2v) is 4.71. The summed E-state index contributed by atoms with van der Waals surface area (Å²) >= 11 is 0. The van der Waals surface area contributed by atoms with Gasteiger partial charge in [-0.25, -0.2) is 4.98 Å². The maximum atomic E-state index is 8.86. The van der Waals surface area contributed by atoms with Gasteiger partial charge in [-0.2, -0.15) is 10.4 Å². The molecule has 0 atom stereocenters. The summed E-state index contributed by atoms with van der Waals surface area (Å²) < 4.78 is 1.83. The van der Waals surface area contributed by atoms with E-state index in [9.17, 15) is 0 Å². The van der Waals surface area contributed by atoms with E-state index in [0.29, 0.717) is 12.2 Å². The Balaban J connectivity index is 1.84. The molecule has 2 aromatic heterocycles. The highest BCUT2D eigenvalue weighted by Gasteiger charge is 2.03. The highest BCUT2D eigenvalue weighted by Crippen LogP contribution is 2.20. The smallest absolute Gasteiger partial charge is 0.140 e. The van der Waals surface area contributed by atoms with E-state index in [0.717, 1.165) is 22.4 Å². The summed E-state index contributed by atoms with van der Waals surface area (Å²) in [5.74, 6) is 0. The van der Waals surface area contributed by atoms with E-state index in [4.69, 9.17) is 11.0 Å². The second kappa shape index (κ2) is 5.47. The number of nitriles is 1. The van der Waals surface area contributed by atoms with Crippen LogP contribution in [0.25, 0.3) is 11.1 Å². The molecular weight excluding hydrogens is 262 g/mol. The highest BCUT2D eigenvalue weighted by molar-refractivity contribution is 5.65. The highest BCUT2D eigenvalue weighted by atomic mass is 15.3. The third kappa shape index (κ3) is 2.90. The molecule has 2 N–H and O–H groups in total. The van der Waals surface area contributed by atoms with E-state index < -0.39 is 0 Å². The lowest BCUT2D eigenvalue weighted by Gasteiger charge is -2.02. The summed E-state index contributed by atoms with van der Waals surface area (Å²) in [6.07, 6.45) is 5.40. The van der Waals surface area contributed by atoms with Crippen molar-refractivity contribution in [3.05, 3.63) is 66.2 Å². The molecule has 0 saturated heterocycles. The van der Waals surface area contributed by atoms with E-state index in [1.807, 2.05) is 47.3 Å². The number of nitrogens with two attached hydrogens (primary N) is 1. The van der Waals surface area contributed by atoms with Gasteiger partial charge in [-0.1, -0.05) is 12.1 Å². The molecule has 3 aromatic rings. The van der Waals surface area contributed by atoms with E-state index in [1.54, 1.807) is 18.5 Å². The van der Waals surface area contributed by atoms with Crippen molar-refractivity contribution in [2.75, 3.05) is 5.73 Å². The van der Waals surface area contributed by atoms with Crippen molar-refractivity contribution >= 4 is 5.69 Å². The molecule has 0 radical (unpaired) electrons. The molecule has 0 saturated carbocycles. The zero-order valence-electron chi connectivity index (χ0n) is 11.3. The lowest BCUT2D eigenvalue weighted by atomic mass is 10.1. The van der Waals surface area contributed by atoms with Gasteiger partial charge >= 0.3 is 0 Å². The first-order valence-corrected chi connectivity index (χ1v) is 6.48. The SMILES string of the molecule is N#Cc1cc(Cn2cc(-c3cccc(N)c3)cn2)ccn1. The van der Waals surface area contributed by atoms with E-state index >= 15 is 0 Å². The Morgan fingerprint density at radius 2 is 2.10 bits per heavy atom. The Hall–Kier alpha value is -3.13. The van der Waals surface area contributed by atoms with Gasteiger partial charge in [0.25, 0.3) is 0 Å². The van der Waals surface area contributed by atoms with Crippen molar-refractivity contribution in [3.63, 3.8) is 0 Å². The Kier molecular flexibility index (Phi) is 3.36. The standard InChI is InChI=1S/C16H13N5/c17-8-16-6-12(4-5-19-16)10-21-11-14(9-20-21)13-2-1-3-15(18)7-13/h1-7,9,11H,10,18H2. The number of pyridine rings is 1. The van der Waals surface area contributed by atoms with Gasteiger partial charge in [0, 0.05) is 23.6 Å². The summed E-state index contributed by atoms with van der Waals surface area (Å²) in [5, 5.41) is 13.2. The molecule has 0 aliphatic rings. The summed E-state index contributed by atoms with van der Waals surface area (Å²) in [4.78, 5) is 3.96. The molecule has 1 aromatic carbocycles. The first-order valence-electron chi connectivity index (χ1n) is 6.48. The summed E-state index contributed by atoms with van der Waals surface area (Å²) in [7, 11) is 0. The molecule has 21 heavy (non-hydrogen) atoms. The predicted octanol–water partition coefficient (Wildman–Crippen LogP) is 2.45. The molecule has 0 unspecified atom stereocenters. The Labute approximate surface area is 122 Å². The van der Waals surface area contributed by atoms with Gasteiger partial charge in [-0.15, -0.1) is 0 Å². The van der Waals surface area contributed by atoms with Crippen molar-refractivity contribution in [2.45, 2.75) is 6.54 Å². The van der Waals surface area contributed by atoms with Gasteiger partial charge in [0.2, 0.25) is 0 Å². The van der Waals surface area contributed by atoms with E-state index in [-0.39, 0.29) is 0 Å². The molecule has 5 nitrogen and oxygen atoms in total. The van der Waals surface area contributed by atoms with Gasteiger partial charge in [-0.3, -0.25) is 4.68 Å². The molecule has 0 spiro atoms. The number of benzene rings is 1. The minimum atomic E-state index is 0.413. The minimum Gasteiger partial charge on any atom is -0.399 e. The van der Waals surface area contributed by atoms with E-state index in [2.05, 4.69) is 10.1 Å². The van der Waals surface area contributed by atoms with Crippen LogP contribution in [0.1, 0.15) is 11.3 Å². The summed E-state index contributed by atoms with van der Waals surface area (Å²) in [6, 6.07) is 13.4. The quantitative estimate of drug-likeness (QED) is 0.744. The maximum Gasteiger partial charge on any atom is 0.140 e. The van der Waals surface area contributed by atoms with E-state index in [1.165, 1.54) is 0 Å². The third-order valence-electron chi connectivity index (χ3n) is 3.14. The van der Waals surface area contributed by atoms with Crippen LogP contribution in [0.4, 0.5) is 5.69 Å². The largest absolute Gasteiger partial charge is 0.399 e. The van der Waals surface area contributed by atoms with Crippen molar-refractivity contribution in [3.8, 4) is 17.2 Å². The van der Waals surface area contributed by atoms with Crippen LogP contribution >= 0.6 is 0 Å². The van der Waals surface area contributed by atoms with Gasteiger partial charge in [-0.05, 0) is 35.4 Å². The Morgan fingerprint density at radius 3 is 2.90 bits per heavy atom. The fourth-order valence-electron chi connectivity index (χ4n) is 2.14. The van der Waals surface area contributed by atoms with Gasteiger partial charge < -0.3 is 5.73 Å². The molecule has 2 heterocycles. The molecule has 102 valence electrons. The molecule has 3 rings (SSSR count). The topological polar surface area (TPSA) is 80.5 Å². The first kappa shape index (κ1) is 12.9. The zero-order chi connectivity index (χ0) is 14.7. The van der Waals surface area contributed by atoms with Crippen molar-refractivity contribution in [2.24, 2.45) is 0 Å². The number of aromatic nitrogens is 3. The molecule has 0 amide bonds. The minimum absolute atomic E-state index is 0.413. The van der Waals surface area contributed by atoms with Crippen molar-refractivity contribution in [1.82, 2.24) is 14.8 Å². The van der Waals surface area contributed by atoms with Crippen LogP contribution in [-0.2, 0) is 6.54 Å². The fourth-order valence-corrected chi connectivity index (χ4v) is 2.14. The average molecular weight is 275 g/mol. The van der Waals surface area contributed by atoms with Gasteiger partial charge in [0.1, 0.15) is 11.8 Å². The van der Waals surface area contributed by atoms with Crippen LogP contribution in [-0.4, -0.2) is 14.8 Å². The van der Waals surface area contributed by atoms with Crippen molar-refractivity contribution in [1.29, 1.82) is 5.26 Å².